The summed E-state index contributed by atoms with van der Waals surface area (Å²) in [4.78, 5) is 0. The van der Waals surface area contributed by atoms with Gasteiger partial charge in [0, 0.05) is 6.42 Å². The van der Waals surface area contributed by atoms with Gasteiger partial charge in [-0.15, -0.1) is 0 Å². The first kappa shape index (κ1) is 14.7. The lowest BCUT2D eigenvalue weighted by molar-refractivity contribution is -0.116. The van der Waals surface area contributed by atoms with Crippen molar-refractivity contribution < 1.29 is 9.47 Å². The molecule has 120 valence electrons. The van der Waals surface area contributed by atoms with Gasteiger partial charge >= 0.3 is 0 Å². The molecule has 2 heterocycles. The summed E-state index contributed by atoms with van der Waals surface area (Å²) in [6, 6.07) is 8.79. The molecule has 3 aliphatic rings. The molecule has 2 nitrogen and oxygen atoms in total. The average molecular weight is 300 g/mol. The summed E-state index contributed by atoms with van der Waals surface area (Å²) >= 11 is 0. The summed E-state index contributed by atoms with van der Waals surface area (Å²) in [7, 11) is 0. The van der Waals surface area contributed by atoms with Gasteiger partial charge in [-0.25, -0.2) is 0 Å². The van der Waals surface area contributed by atoms with Gasteiger partial charge in [0.2, 0.25) is 0 Å². The largest absolute Gasteiger partial charge is 0.367 e. The van der Waals surface area contributed by atoms with Gasteiger partial charge in [-0.1, -0.05) is 44.5 Å². The number of rotatable bonds is 5. The van der Waals surface area contributed by atoms with Crippen LogP contribution in [-0.4, -0.2) is 17.3 Å². The maximum atomic E-state index is 6.67. The molecular weight excluding hydrogens is 272 g/mol. The van der Waals surface area contributed by atoms with Crippen molar-refractivity contribution >= 4 is 0 Å². The van der Waals surface area contributed by atoms with Crippen molar-refractivity contribution in [1.82, 2.24) is 0 Å². The van der Waals surface area contributed by atoms with Gasteiger partial charge in [-0.05, 0) is 49.7 Å². The van der Waals surface area contributed by atoms with Crippen LogP contribution in [0.4, 0.5) is 0 Å². The summed E-state index contributed by atoms with van der Waals surface area (Å²) in [6.45, 7) is 4.54. The van der Waals surface area contributed by atoms with Crippen molar-refractivity contribution in [1.29, 1.82) is 0 Å². The lowest BCUT2D eigenvalue weighted by Gasteiger charge is -2.34. The fourth-order valence-corrected chi connectivity index (χ4v) is 5.11. The molecule has 4 rings (SSSR count). The molecule has 2 fully saturated rings. The fraction of sp³-hybridized carbons (Fsp3) is 0.700. The number of hydrogen-bond donors (Lipinski definition) is 0. The van der Waals surface area contributed by atoms with Gasteiger partial charge in [0.05, 0.1) is 23.4 Å². The van der Waals surface area contributed by atoms with Crippen molar-refractivity contribution in [2.75, 3.05) is 0 Å². The lowest BCUT2D eigenvalue weighted by Crippen LogP contribution is -2.40. The van der Waals surface area contributed by atoms with Crippen LogP contribution in [-0.2, 0) is 15.9 Å². The van der Waals surface area contributed by atoms with E-state index in [0.29, 0.717) is 0 Å². The molecule has 0 N–H and O–H groups in total. The van der Waals surface area contributed by atoms with Gasteiger partial charge in [-0.3, -0.25) is 0 Å². The first-order valence-corrected chi connectivity index (χ1v) is 9.14. The molecule has 2 saturated heterocycles. The van der Waals surface area contributed by atoms with E-state index in [1.54, 1.807) is 0 Å². The van der Waals surface area contributed by atoms with E-state index in [4.69, 9.17) is 9.47 Å². The Hall–Kier alpha value is -0.860. The van der Waals surface area contributed by atoms with Crippen LogP contribution >= 0.6 is 0 Å². The van der Waals surface area contributed by atoms with Crippen LogP contribution in [0.15, 0.2) is 24.3 Å². The van der Waals surface area contributed by atoms with E-state index in [9.17, 15) is 0 Å². The molecule has 1 aliphatic carbocycles. The quantitative estimate of drug-likeness (QED) is 0.765. The van der Waals surface area contributed by atoms with Crippen molar-refractivity contribution in [3.8, 4) is 0 Å². The molecule has 0 amide bonds. The molecule has 4 atom stereocenters. The number of ether oxygens (including phenoxy) is 2. The van der Waals surface area contributed by atoms with Crippen LogP contribution < -0.4 is 0 Å². The third-order valence-electron chi connectivity index (χ3n) is 6.28. The molecule has 1 aromatic carbocycles. The fourth-order valence-electron chi connectivity index (χ4n) is 5.11. The zero-order valence-electron chi connectivity index (χ0n) is 13.9. The predicted octanol–water partition coefficient (Wildman–Crippen LogP) is 4.96. The Bertz CT molecular complexity index is 554. The van der Waals surface area contributed by atoms with E-state index >= 15 is 0 Å². The highest BCUT2D eigenvalue weighted by Crippen LogP contribution is 2.56. The summed E-state index contributed by atoms with van der Waals surface area (Å²) < 4.78 is 13.3. The second-order valence-electron chi connectivity index (χ2n) is 7.51. The Morgan fingerprint density at radius 3 is 2.91 bits per heavy atom. The first-order chi connectivity index (χ1) is 10.7. The minimum atomic E-state index is -0.00724. The molecule has 0 radical (unpaired) electrons. The Morgan fingerprint density at radius 2 is 2.09 bits per heavy atom. The molecule has 0 aromatic heterocycles. The van der Waals surface area contributed by atoms with Gasteiger partial charge in [0.15, 0.2) is 0 Å². The normalized spacial score (nSPS) is 39.4. The van der Waals surface area contributed by atoms with E-state index in [0.717, 1.165) is 25.7 Å². The highest BCUT2D eigenvalue weighted by atomic mass is 16.6. The Kier molecular flexibility index (Phi) is 3.58. The van der Waals surface area contributed by atoms with Gasteiger partial charge < -0.3 is 9.47 Å². The number of fused-ring (bicyclic) bond motifs is 3. The average Bonchev–Trinajstić information content (AvgIpc) is 3.19. The van der Waals surface area contributed by atoms with E-state index in [1.807, 2.05) is 0 Å². The van der Waals surface area contributed by atoms with Gasteiger partial charge in [0.25, 0.3) is 0 Å². The number of benzene rings is 1. The third-order valence-corrected chi connectivity index (χ3v) is 6.28. The van der Waals surface area contributed by atoms with Crippen LogP contribution in [0.2, 0.25) is 0 Å². The third kappa shape index (κ3) is 2.15. The molecule has 2 heteroatoms. The molecule has 2 aliphatic heterocycles. The van der Waals surface area contributed by atoms with E-state index < -0.39 is 0 Å². The molecule has 2 bridgehead atoms. The maximum Gasteiger partial charge on any atom is 0.0950 e. The molecule has 22 heavy (non-hydrogen) atoms. The second kappa shape index (κ2) is 5.35. The SMILES string of the molecule is CCCC12CCC(CC)(O1)C(OC1CCc3ccccc31)C2. The van der Waals surface area contributed by atoms with E-state index in [-0.39, 0.29) is 23.4 Å². The molecular formula is C20H28O2. The molecule has 0 spiro atoms. The zero-order chi connectivity index (χ0) is 15.2. The standard InChI is InChI=1S/C20H28O2/c1-3-11-19-12-13-20(4-2,22-19)18(14-19)21-17-10-9-15-7-5-6-8-16(15)17/h5-8,17-18H,3-4,9-14H2,1-2H3. The van der Waals surface area contributed by atoms with Crippen LogP contribution in [0.25, 0.3) is 0 Å². The highest BCUT2D eigenvalue weighted by molar-refractivity contribution is 5.33. The lowest BCUT2D eigenvalue weighted by atomic mass is 9.77. The summed E-state index contributed by atoms with van der Waals surface area (Å²) in [6.07, 6.45) is 9.86. The Labute approximate surface area is 134 Å². The first-order valence-electron chi connectivity index (χ1n) is 9.14. The summed E-state index contributed by atoms with van der Waals surface area (Å²) in [5.74, 6) is 0. The topological polar surface area (TPSA) is 18.5 Å². The van der Waals surface area contributed by atoms with Gasteiger partial charge in [0.1, 0.15) is 0 Å². The van der Waals surface area contributed by atoms with E-state index in [1.165, 1.54) is 36.8 Å². The van der Waals surface area contributed by atoms with Crippen LogP contribution in [0.5, 0.6) is 0 Å². The second-order valence-corrected chi connectivity index (χ2v) is 7.51. The Morgan fingerprint density at radius 1 is 1.23 bits per heavy atom. The number of aryl methyl sites for hydroxylation is 1. The monoisotopic (exact) mass is 300 g/mol. The smallest absolute Gasteiger partial charge is 0.0950 e. The molecule has 4 unspecified atom stereocenters. The summed E-state index contributed by atoms with van der Waals surface area (Å²) in [5, 5.41) is 0. The molecule has 1 aromatic rings. The van der Waals surface area contributed by atoms with Crippen molar-refractivity contribution in [3.63, 3.8) is 0 Å². The zero-order valence-corrected chi connectivity index (χ0v) is 13.9. The molecule has 0 saturated carbocycles. The summed E-state index contributed by atoms with van der Waals surface area (Å²) in [5.41, 5.74) is 3.01. The van der Waals surface area contributed by atoms with Crippen molar-refractivity contribution in [2.24, 2.45) is 0 Å². The Balaban J connectivity index is 1.54. The minimum absolute atomic E-state index is 0.00724. The van der Waals surface area contributed by atoms with Crippen molar-refractivity contribution in [3.05, 3.63) is 35.4 Å². The number of hydrogen-bond acceptors (Lipinski definition) is 2. The minimum Gasteiger partial charge on any atom is -0.367 e. The maximum absolute atomic E-state index is 6.67. The van der Waals surface area contributed by atoms with Crippen LogP contribution in [0.1, 0.15) is 76.0 Å². The van der Waals surface area contributed by atoms with Crippen molar-refractivity contribution in [2.45, 2.75) is 88.6 Å². The highest BCUT2D eigenvalue weighted by Gasteiger charge is 2.61. The van der Waals surface area contributed by atoms with Gasteiger partial charge in [-0.2, -0.15) is 0 Å². The van der Waals surface area contributed by atoms with Crippen LogP contribution in [0.3, 0.4) is 0 Å². The predicted molar refractivity (Wildman–Crippen MR) is 88.0 cm³/mol. The van der Waals surface area contributed by atoms with E-state index in [2.05, 4.69) is 38.1 Å². The van der Waals surface area contributed by atoms with Crippen LogP contribution in [0, 0.1) is 0 Å².